The molecule has 1 saturated heterocycles. The first-order chi connectivity index (χ1) is 14.5. The molecular weight excluding hydrogens is 378 g/mol. The lowest BCUT2D eigenvalue weighted by molar-refractivity contribution is -1.02. The maximum atomic E-state index is 12.5. The SMILES string of the molecule is COc1ccc(C[NH+]2CC[NH+](CC(=O)N[C@@H](Cc3ccccc3)C(C)=O)CC2)cc1. The van der Waals surface area contributed by atoms with E-state index in [0.29, 0.717) is 13.0 Å². The van der Waals surface area contributed by atoms with Crippen molar-refractivity contribution >= 4 is 11.7 Å². The molecule has 3 rings (SSSR count). The molecule has 0 radical (unpaired) electrons. The van der Waals surface area contributed by atoms with Crippen LogP contribution < -0.4 is 19.9 Å². The van der Waals surface area contributed by atoms with E-state index in [-0.39, 0.29) is 11.7 Å². The molecule has 0 unspecified atom stereocenters. The third kappa shape index (κ3) is 6.68. The summed E-state index contributed by atoms with van der Waals surface area (Å²) in [7, 11) is 1.68. The summed E-state index contributed by atoms with van der Waals surface area (Å²) in [6.07, 6.45) is 0.539. The van der Waals surface area contributed by atoms with Gasteiger partial charge in [-0.1, -0.05) is 30.3 Å². The molecule has 0 aliphatic carbocycles. The number of nitrogens with one attached hydrogen (secondary N) is 3. The van der Waals surface area contributed by atoms with Crippen molar-refractivity contribution in [3.8, 4) is 5.75 Å². The van der Waals surface area contributed by atoms with Crippen molar-refractivity contribution in [2.24, 2.45) is 0 Å². The van der Waals surface area contributed by atoms with E-state index in [1.807, 2.05) is 42.5 Å². The Hall–Kier alpha value is -2.70. The predicted octanol–water partition coefficient (Wildman–Crippen LogP) is -0.705. The maximum absolute atomic E-state index is 12.5. The summed E-state index contributed by atoms with van der Waals surface area (Å²) < 4.78 is 5.22. The van der Waals surface area contributed by atoms with Crippen LogP contribution in [0.15, 0.2) is 54.6 Å². The van der Waals surface area contributed by atoms with Crippen LogP contribution in [0.2, 0.25) is 0 Å². The van der Waals surface area contributed by atoms with Crippen molar-refractivity contribution in [3.05, 3.63) is 65.7 Å². The summed E-state index contributed by atoms with van der Waals surface area (Å²) in [5.41, 5.74) is 2.36. The van der Waals surface area contributed by atoms with Gasteiger partial charge in [0.25, 0.3) is 5.91 Å². The number of hydrogen-bond acceptors (Lipinski definition) is 3. The first-order valence-corrected chi connectivity index (χ1v) is 10.7. The molecule has 0 bridgehead atoms. The lowest BCUT2D eigenvalue weighted by Crippen LogP contribution is -3.28. The van der Waals surface area contributed by atoms with Gasteiger partial charge in [0.15, 0.2) is 12.3 Å². The van der Waals surface area contributed by atoms with Crippen LogP contribution in [-0.2, 0) is 22.6 Å². The molecule has 3 N–H and O–H groups in total. The number of carbonyl (C=O) groups is 2. The number of benzene rings is 2. The number of quaternary nitrogens is 2. The highest BCUT2D eigenvalue weighted by molar-refractivity contribution is 5.88. The van der Waals surface area contributed by atoms with E-state index < -0.39 is 6.04 Å². The minimum absolute atomic E-state index is 0.00374. The Bertz CT molecular complexity index is 815. The number of Topliss-reactive ketones (excluding diaryl/α,β-unsaturated/α-hetero) is 1. The van der Waals surface area contributed by atoms with Gasteiger partial charge in [0.1, 0.15) is 38.5 Å². The zero-order valence-corrected chi connectivity index (χ0v) is 17.9. The monoisotopic (exact) mass is 411 g/mol. The molecule has 30 heavy (non-hydrogen) atoms. The van der Waals surface area contributed by atoms with Crippen molar-refractivity contribution in [3.63, 3.8) is 0 Å². The summed E-state index contributed by atoms with van der Waals surface area (Å²) in [6.45, 7) is 6.96. The first kappa shape index (κ1) is 22.0. The summed E-state index contributed by atoms with van der Waals surface area (Å²) in [6, 6.07) is 17.6. The van der Waals surface area contributed by atoms with E-state index >= 15 is 0 Å². The third-order valence-electron chi connectivity index (χ3n) is 5.80. The van der Waals surface area contributed by atoms with Gasteiger partial charge in [0.2, 0.25) is 0 Å². The van der Waals surface area contributed by atoms with E-state index in [2.05, 4.69) is 17.4 Å². The zero-order chi connectivity index (χ0) is 21.3. The van der Waals surface area contributed by atoms with Crippen molar-refractivity contribution in [1.82, 2.24) is 5.32 Å². The van der Waals surface area contributed by atoms with Crippen LogP contribution in [-0.4, -0.2) is 57.6 Å². The van der Waals surface area contributed by atoms with Crippen LogP contribution in [0.4, 0.5) is 0 Å². The van der Waals surface area contributed by atoms with Gasteiger partial charge in [-0.15, -0.1) is 0 Å². The second kappa shape index (κ2) is 10.9. The Morgan fingerprint density at radius 3 is 2.17 bits per heavy atom. The maximum Gasteiger partial charge on any atom is 0.275 e. The summed E-state index contributed by atoms with van der Waals surface area (Å²) in [4.78, 5) is 27.4. The minimum Gasteiger partial charge on any atom is -0.497 e. The topological polar surface area (TPSA) is 64.3 Å². The average Bonchev–Trinajstić information content (AvgIpc) is 2.76. The highest BCUT2D eigenvalue weighted by Crippen LogP contribution is 2.10. The van der Waals surface area contributed by atoms with E-state index in [0.717, 1.165) is 44.0 Å². The van der Waals surface area contributed by atoms with Crippen molar-refractivity contribution in [2.45, 2.75) is 25.9 Å². The quantitative estimate of drug-likeness (QED) is 0.511. The molecule has 2 aromatic carbocycles. The van der Waals surface area contributed by atoms with E-state index in [1.165, 1.54) is 15.4 Å². The second-order valence-electron chi connectivity index (χ2n) is 8.12. The van der Waals surface area contributed by atoms with Gasteiger partial charge in [-0.2, -0.15) is 0 Å². The standard InChI is InChI=1S/C24H31N3O3/c1-19(28)23(16-20-6-4-3-5-7-20)25-24(29)18-27-14-12-26(13-15-27)17-21-8-10-22(30-2)11-9-21/h3-11,23H,12-18H2,1-2H3,(H,25,29)/p+2/t23-/m0/s1. The number of rotatable bonds is 9. The molecule has 1 heterocycles. The fraction of sp³-hybridized carbons (Fsp3) is 0.417. The van der Waals surface area contributed by atoms with Crippen LogP contribution in [0, 0.1) is 0 Å². The van der Waals surface area contributed by atoms with Gasteiger partial charge in [-0.05, 0) is 43.2 Å². The summed E-state index contributed by atoms with van der Waals surface area (Å²) in [5, 5.41) is 2.95. The normalized spacial score (nSPS) is 19.7. The molecule has 2 aromatic rings. The second-order valence-corrected chi connectivity index (χ2v) is 8.12. The molecule has 160 valence electrons. The molecule has 1 fully saturated rings. The number of carbonyl (C=O) groups excluding carboxylic acids is 2. The molecule has 0 saturated carbocycles. The Morgan fingerprint density at radius 2 is 1.57 bits per heavy atom. The van der Waals surface area contributed by atoms with Crippen LogP contribution in [0.5, 0.6) is 5.75 Å². The average molecular weight is 412 g/mol. The van der Waals surface area contributed by atoms with Crippen LogP contribution >= 0.6 is 0 Å². The molecule has 6 heteroatoms. The number of amides is 1. The lowest BCUT2D eigenvalue weighted by atomic mass is 10.0. The minimum atomic E-state index is -0.457. The smallest absolute Gasteiger partial charge is 0.275 e. The molecule has 0 aromatic heterocycles. The number of methoxy groups -OCH3 is 1. The third-order valence-corrected chi connectivity index (χ3v) is 5.80. The van der Waals surface area contributed by atoms with E-state index in [1.54, 1.807) is 14.0 Å². The molecule has 6 nitrogen and oxygen atoms in total. The van der Waals surface area contributed by atoms with Gasteiger partial charge in [-0.3, -0.25) is 9.59 Å². The molecule has 1 atom stereocenters. The Labute approximate surface area is 178 Å². The molecule has 1 aliphatic rings. The van der Waals surface area contributed by atoms with Crippen LogP contribution in [0.1, 0.15) is 18.1 Å². The molecule has 1 aliphatic heterocycles. The van der Waals surface area contributed by atoms with E-state index in [9.17, 15) is 9.59 Å². The first-order valence-electron chi connectivity index (χ1n) is 10.7. The highest BCUT2D eigenvalue weighted by atomic mass is 16.5. The fourth-order valence-corrected chi connectivity index (χ4v) is 3.96. The van der Waals surface area contributed by atoms with Gasteiger partial charge < -0.3 is 19.9 Å². The zero-order valence-electron chi connectivity index (χ0n) is 17.9. The molecule has 0 spiro atoms. The highest BCUT2D eigenvalue weighted by Gasteiger charge is 2.26. The van der Waals surface area contributed by atoms with Gasteiger partial charge in [-0.25, -0.2) is 0 Å². The van der Waals surface area contributed by atoms with Gasteiger partial charge in [0.05, 0.1) is 13.2 Å². The Balaban J connectivity index is 1.43. The molecule has 1 amide bonds. The van der Waals surface area contributed by atoms with Crippen LogP contribution in [0.3, 0.4) is 0 Å². The largest absolute Gasteiger partial charge is 0.497 e. The number of ketones is 1. The van der Waals surface area contributed by atoms with E-state index in [4.69, 9.17) is 4.74 Å². The number of piperazine rings is 1. The van der Waals surface area contributed by atoms with Crippen molar-refractivity contribution in [1.29, 1.82) is 0 Å². The Kier molecular flexibility index (Phi) is 7.99. The summed E-state index contributed by atoms with van der Waals surface area (Å²) >= 11 is 0. The molecular formula is C24H33N3O3+2. The predicted molar refractivity (Wildman–Crippen MR) is 116 cm³/mol. The van der Waals surface area contributed by atoms with Crippen molar-refractivity contribution < 1.29 is 24.1 Å². The Morgan fingerprint density at radius 1 is 0.933 bits per heavy atom. The van der Waals surface area contributed by atoms with Gasteiger partial charge >= 0.3 is 0 Å². The fourth-order valence-electron chi connectivity index (χ4n) is 3.96. The van der Waals surface area contributed by atoms with Crippen LogP contribution in [0.25, 0.3) is 0 Å². The number of ether oxygens (including phenoxy) is 1. The number of hydrogen-bond donors (Lipinski definition) is 3. The van der Waals surface area contributed by atoms with Gasteiger partial charge in [0, 0.05) is 5.56 Å². The summed E-state index contributed by atoms with van der Waals surface area (Å²) in [5.74, 6) is 0.834. The van der Waals surface area contributed by atoms with Crippen molar-refractivity contribution in [2.75, 3.05) is 39.8 Å². The lowest BCUT2D eigenvalue weighted by Gasteiger charge is -2.29.